The summed E-state index contributed by atoms with van der Waals surface area (Å²) < 4.78 is 8.93. The maximum absolute atomic E-state index is 6.19. The number of ether oxygens (including phenoxy) is 1. The molecular formula is C21H15Br3ClNO. The van der Waals surface area contributed by atoms with E-state index in [1.165, 1.54) is 0 Å². The summed E-state index contributed by atoms with van der Waals surface area (Å²) in [4.78, 5) is 4.61. The maximum Gasteiger partial charge on any atom is 0.142 e. The first kappa shape index (κ1) is 20.6. The lowest BCUT2D eigenvalue weighted by Crippen LogP contribution is -1.99. The minimum absolute atomic E-state index is 0.463. The van der Waals surface area contributed by atoms with Gasteiger partial charge in [-0.15, -0.1) is 0 Å². The largest absolute Gasteiger partial charge is 0.487 e. The van der Waals surface area contributed by atoms with Crippen molar-refractivity contribution in [1.82, 2.24) is 0 Å². The van der Waals surface area contributed by atoms with Crippen LogP contribution in [0.1, 0.15) is 16.7 Å². The summed E-state index contributed by atoms with van der Waals surface area (Å²) in [5, 5.41) is 0.701. The van der Waals surface area contributed by atoms with Crippen LogP contribution in [0.15, 0.2) is 73.0 Å². The molecule has 3 aromatic carbocycles. The zero-order valence-electron chi connectivity index (χ0n) is 14.3. The molecule has 0 heterocycles. The zero-order chi connectivity index (χ0) is 19.4. The maximum atomic E-state index is 6.19. The summed E-state index contributed by atoms with van der Waals surface area (Å²) in [6.45, 7) is 2.42. The molecule has 0 amide bonds. The van der Waals surface area contributed by atoms with Gasteiger partial charge >= 0.3 is 0 Å². The van der Waals surface area contributed by atoms with Crippen LogP contribution in [0.2, 0.25) is 5.02 Å². The normalized spacial score (nSPS) is 11.1. The third-order valence-corrected chi connectivity index (χ3v) is 5.90. The van der Waals surface area contributed by atoms with Crippen molar-refractivity contribution in [2.45, 2.75) is 13.5 Å². The third-order valence-electron chi connectivity index (χ3n) is 3.92. The molecule has 0 aliphatic rings. The summed E-state index contributed by atoms with van der Waals surface area (Å²) >= 11 is 16.8. The molecule has 0 aliphatic heterocycles. The molecule has 138 valence electrons. The lowest BCUT2D eigenvalue weighted by molar-refractivity contribution is 0.304. The average Bonchev–Trinajstić information content (AvgIpc) is 2.63. The summed E-state index contributed by atoms with van der Waals surface area (Å²) in [7, 11) is 0. The van der Waals surface area contributed by atoms with E-state index in [9.17, 15) is 0 Å². The van der Waals surface area contributed by atoms with Gasteiger partial charge in [0.25, 0.3) is 0 Å². The lowest BCUT2D eigenvalue weighted by Gasteiger charge is -2.12. The summed E-state index contributed by atoms with van der Waals surface area (Å²) in [5.74, 6) is 0.740. The van der Waals surface area contributed by atoms with Gasteiger partial charge in [-0.25, -0.2) is 0 Å². The van der Waals surface area contributed by atoms with Gasteiger partial charge in [0, 0.05) is 25.7 Å². The number of benzene rings is 3. The van der Waals surface area contributed by atoms with E-state index in [0.29, 0.717) is 11.6 Å². The number of hydrogen-bond donors (Lipinski definition) is 0. The second kappa shape index (κ2) is 9.37. The molecule has 0 aromatic heterocycles. The Morgan fingerprint density at radius 3 is 2.48 bits per heavy atom. The summed E-state index contributed by atoms with van der Waals surface area (Å²) in [5.41, 5.74) is 3.73. The van der Waals surface area contributed by atoms with Crippen LogP contribution in [0.5, 0.6) is 5.75 Å². The van der Waals surface area contributed by atoms with Crippen LogP contribution in [0.25, 0.3) is 0 Å². The molecule has 0 saturated heterocycles. The van der Waals surface area contributed by atoms with Crippen molar-refractivity contribution in [2.75, 3.05) is 0 Å². The Bertz CT molecular complexity index is 987. The number of hydrogen-bond acceptors (Lipinski definition) is 2. The van der Waals surface area contributed by atoms with Crippen LogP contribution in [0.4, 0.5) is 5.69 Å². The molecule has 0 unspecified atom stereocenters. The quantitative estimate of drug-likeness (QED) is 0.282. The van der Waals surface area contributed by atoms with Gasteiger partial charge in [0.1, 0.15) is 12.4 Å². The first-order valence-electron chi connectivity index (χ1n) is 8.09. The van der Waals surface area contributed by atoms with Gasteiger partial charge in [0.05, 0.1) is 10.2 Å². The molecule has 27 heavy (non-hydrogen) atoms. The Morgan fingerprint density at radius 2 is 1.74 bits per heavy atom. The Labute approximate surface area is 189 Å². The van der Waals surface area contributed by atoms with Crippen LogP contribution < -0.4 is 4.74 Å². The van der Waals surface area contributed by atoms with Gasteiger partial charge < -0.3 is 4.74 Å². The van der Waals surface area contributed by atoms with E-state index in [1.807, 2.05) is 61.5 Å². The van der Waals surface area contributed by atoms with Crippen LogP contribution in [0, 0.1) is 6.92 Å². The highest BCUT2D eigenvalue weighted by molar-refractivity contribution is 9.11. The van der Waals surface area contributed by atoms with Crippen LogP contribution in [-0.4, -0.2) is 6.21 Å². The van der Waals surface area contributed by atoms with Gasteiger partial charge in [-0.2, -0.15) is 0 Å². The molecule has 3 aromatic rings. The standard InChI is InChI=1S/C21H15Br3ClNO/c1-13-19(25)3-2-4-20(13)26-11-15-9-17(23)10-18(24)21(15)27-12-14-5-7-16(22)8-6-14/h2-11H,12H2,1H3. The Balaban J connectivity index is 1.89. The van der Waals surface area contributed by atoms with Crippen LogP contribution in [0.3, 0.4) is 0 Å². The van der Waals surface area contributed by atoms with E-state index in [0.717, 1.165) is 41.5 Å². The number of aliphatic imine (C=N–C) groups is 1. The molecule has 0 spiro atoms. The lowest BCUT2D eigenvalue weighted by atomic mass is 10.2. The van der Waals surface area contributed by atoms with Crippen molar-refractivity contribution in [3.05, 3.63) is 89.7 Å². The van der Waals surface area contributed by atoms with E-state index >= 15 is 0 Å². The smallest absolute Gasteiger partial charge is 0.142 e. The van der Waals surface area contributed by atoms with Gasteiger partial charge in [0.15, 0.2) is 0 Å². The van der Waals surface area contributed by atoms with E-state index in [-0.39, 0.29) is 0 Å². The van der Waals surface area contributed by atoms with E-state index in [2.05, 4.69) is 52.8 Å². The number of halogens is 4. The molecule has 6 heteroatoms. The Hall–Kier alpha value is -1.14. The van der Waals surface area contributed by atoms with E-state index in [1.54, 1.807) is 6.21 Å². The van der Waals surface area contributed by atoms with E-state index in [4.69, 9.17) is 16.3 Å². The zero-order valence-corrected chi connectivity index (χ0v) is 19.9. The van der Waals surface area contributed by atoms with Crippen molar-refractivity contribution in [3.8, 4) is 5.75 Å². The van der Waals surface area contributed by atoms with Crippen LogP contribution in [-0.2, 0) is 6.61 Å². The monoisotopic (exact) mass is 569 g/mol. The van der Waals surface area contributed by atoms with Gasteiger partial charge in [0.2, 0.25) is 0 Å². The third kappa shape index (κ3) is 5.44. The molecule has 0 atom stereocenters. The Kier molecular flexibility index (Phi) is 7.15. The van der Waals surface area contributed by atoms with Crippen molar-refractivity contribution in [3.63, 3.8) is 0 Å². The molecule has 0 saturated carbocycles. The van der Waals surface area contributed by atoms with Crippen molar-refractivity contribution < 1.29 is 4.74 Å². The predicted octanol–water partition coefficient (Wildman–Crippen LogP) is 8.27. The SMILES string of the molecule is Cc1c(Cl)cccc1N=Cc1cc(Br)cc(Br)c1OCc1ccc(Br)cc1. The molecule has 0 N–H and O–H groups in total. The van der Waals surface area contributed by atoms with Crippen molar-refractivity contribution in [2.24, 2.45) is 4.99 Å². The summed E-state index contributed by atoms with van der Waals surface area (Å²) in [6.07, 6.45) is 1.80. The highest BCUT2D eigenvalue weighted by Gasteiger charge is 2.10. The second-order valence-electron chi connectivity index (χ2n) is 5.86. The molecule has 0 radical (unpaired) electrons. The van der Waals surface area contributed by atoms with Crippen LogP contribution >= 0.6 is 59.4 Å². The van der Waals surface area contributed by atoms with Gasteiger partial charge in [-0.1, -0.05) is 61.7 Å². The fourth-order valence-corrected chi connectivity index (χ4v) is 4.25. The molecule has 0 fully saturated rings. The highest BCUT2D eigenvalue weighted by atomic mass is 79.9. The van der Waals surface area contributed by atoms with Gasteiger partial charge in [-0.3, -0.25) is 4.99 Å². The first-order valence-corrected chi connectivity index (χ1v) is 10.8. The fraction of sp³-hybridized carbons (Fsp3) is 0.0952. The number of rotatable bonds is 5. The minimum Gasteiger partial charge on any atom is -0.487 e. The Morgan fingerprint density at radius 1 is 1.00 bits per heavy atom. The highest BCUT2D eigenvalue weighted by Crippen LogP contribution is 2.33. The molecule has 2 nitrogen and oxygen atoms in total. The average molecular weight is 573 g/mol. The molecule has 3 rings (SSSR count). The molecule has 0 aliphatic carbocycles. The topological polar surface area (TPSA) is 21.6 Å². The van der Waals surface area contributed by atoms with E-state index < -0.39 is 0 Å². The van der Waals surface area contributed by atoms with Crippen molar-refractivity contribution in [1.29, 1.82) is 0 Å². The molecule has 0 bridgehead atoms. The van der Waals surface area contributed by atoms with Gasteiger partial charge in [-0.05, 0) is 70.4 Å². The summed E-state index contributed by atoms with van der Waals surface area (Å²) in [6, 6.07) is 17.7. The molecular weight excluding hydrogens is 557 g/mol. The van der Waals surface area contributed by atoms with Crippen molar-refractivity contribution >= 4 is 71.3 Å². The number of nitrogens with zero attached hydrogens (tertiary/aromatic N) is 1. The fourth-order valence-electron chi connectivity index (χ4n) is 2.44. The second-order valence-corrected chi connectivity index (χ2v) is 8.96. The first-order chi connectivity index (χ1) is 12.9. The predicted molar refractivity (Wildman–Crippen MR) is 124 cm³/mol. The minimum atomic E-state index is 0.463.